The largest absolute Gasteiger partial charge is 0.487 e. The van der Waals surface area contributed by atoms with Crippen LogP contribution >= 0.6 is 11.6 Å². The number of pyridine rings is 1. The maximum atomic E-state index is 5.97. The first-order chi connectivity index (χ1) is 9.69. The molecule has 4 heteroatoms. The van der Waals surface area contributed by atoms with Gasteiger partial charge in [0.05, 0.1) is 5.69 Å². The minimum atomic E-state index is 0.491. The fraction of sp³-hybridized carbons (Fsp3) is 0.312. The monoisotopic (exact) mass is 290 g/mol. The molecule has 1 N–H and O–H groups in total. The van der Waals surface area contributed by atoms with Crippen molar-refractivity contribution in [2.45, 2.75) is 27.0 Å². The summed E-state index contributed by atoms with van der Waals surface area (Å²) in [5.41, 5.74) is 2.98. The molecule has 0 saturated heterocycles. The van der Waals surface area contributed by atoms with E-state index in [1.165, 1.54) is 0 Å². The number of hydrogen-bond donors (Lipinski definition) is 1. The summed E-state index contributed by atoms with van der Waals surface area (Å²) < 4.78 is 5.87. The topological polar surface area (TPSA) is 34.2 Å². The molecule has 0 aliphatic carbocycles. The first-order valence-electron chi connectivity index (χ1n) is 6.73. The lowest BCUT2D eigenvalue weighted by atomic mass is 10.2. The Bertz CT molecular complexity index is 572. The van der Waals surface area contributed by atoms with Gasteiger partial charge < -0.3 is 10.1 Å². The normalized spacial score (nSPS) is 10.6. The molecule has 0 atom stereocenters. The van der Waals surface area contributed by atoms with Gasteiger partial charge in [0.1, 0.15) is 12.4 Å². The Hall–Kier alpha value is -1.58. The summed E-state index contributed by atoms with van der Waals surface area (Å²) in [6.07, 6.45) is 0. The van der Waals surface area contributed by atoms with E-state index in [4.69, 9.17) is 16.3 Å². The second-order valence-corrected chi connectivity index (χ2v) is 5.03. The molecule has 0 aliphatic heterocycles. The van der Waals surface area contributed by atoms with Gasteiger partial charge in [-0.25, -0.2) is 0 Å². The molecule has 1 aromatic carbocycles. The van der Waals surface area contributed by atoms with Crippen LogP contribution in [0.5, 0.6) is 5.75 Å². The van der Waals surface area contributed by atoms with Gasteiger partial charge >= 0.3 is 0 Å². The van der Waals surface area contributed by atoms with Gasteiger partial charge in [0, 0.05) is 17.3 Å². The molecular formula is C16H19ClN2O. The second kappa shape index (κ2) is 7.27. The summed E-state index contributed by atoms with van der Waals surface area (Å²) in [7, 11) is 0. The summed E-state index contributed by atoms with van der Waals surface area (Å²) >= 11 is 5.97. The number of ether oxygens (including phenoxy) is 1. The molecule has 0 spiro atoms. The third-order valence-corrected chi connectivity index (χ3v) is 3.13. The second-order valence-electron chi connectivity index (χ2n) is 4.60. The number of benzene rings is 1. The average molecular weight is 291 g/mol. The molecule has 0 unspecified atom stereocenters. The van der Waals surface area contributed by atoms with Gasteiger partial charge in [0.15, 0.2) is 0 Å². The Morgan fingerprint density at radius 3 is 2.85 bits per heavy atom. The number of rotatable bonds is 6. The SMILES string of the molecule is CCNCc1nc(C)ccc1OCc1cccc(Cl)c1. The minimum Gasteiger partial charge on any atom is -0.487 e. The van der Waals surface area contributed by atoms with Crippen molar-refractivity contribution in [1.82, 2.24) is 10.3 Å². The summed E-state index contributed by atoms with van der Waals surface area (Å²) in [6.45, 7) is 6.16. The van der Waals surface area contributed by atoms with Crippen LogP contribution in [0.25, 0.3) is 0 Å². The molecule has 0 fully saturated rings. The van der Waals surface area contributed by atoms with Crippen LogP contribution in [0.4, 0.5) is 0 Å². The molecule has 1 heterocycles. The van der Waals surface area contributed by atoms with E-state index in [0.717, 1.165) is 34.3 Å². The van der Waals surface area contributed by atoms with Crippen LogP contribution in [0.2, 0.25) is 5.02 Å². The highest BCUT2D eigenvalue weighted by molar-refractivity contribution is 6.30. The van der Waals surface area contributed by atoms with Crippen LogP contribution in [-0.4, -0.2) is 11.5 Å². The van der Waals surface area contributed by atoms with Crippen molar-refractivity contribution in [3.63, 3.8) is 0 Å². The summed E-state index contributed by atoms with van der Waals surface area (Å²) in [6, 6.07) is 11.6. The van der Waals surface area contributed by atoms with E-state index >= 15 is 0 Å². The molecule has 0 bridgehead atoms. The molecule has 20 heavy (non-hydrogen) atoms. The van der Waals surface area contributed by atoms with Gasteiger partial charge in [0.25, 0.3) is 0 Å². The summed E-state index contributed by atoms with van der Waals surface area (Å²) in [4.78, 5) is 4.53. The van der Waals surface area contributed by atoms with Crippen LogP contribution < -0.4 is 10.1 Å². The predicted octanol–water partition coefficient (Wildman–Crippen LogP) is 3.73. The van der Waals surface area contributed by atoms with Crippen LogP contribution in [-0.2, 0) is 13.2 Å². The number of aromatic nitrogens is 1. The third kappa shape index (κ3) is 4.22. The molecule has 3 nitrogen and oxygen atoms in total. The molecule has 2 rings (SSSR count). The first kappa shape index (κ1) is 14.8. The lowest BCUT2D eigenvalue weighted by Gasteiger charge is -2.12. The lowest BCUT2D eigenvalue weighted by molar-refractivity contribution is 0.300. The van der Waals surface area contributed by atoms with E-state index in [1.54, 1.807) is 0 Å². The third-order valence-electron chi connectivity index (χ3n) is 2.90. The van der Waals surface area contributed by atoms with E-state index in [-0.39, 0.29) is 0 Å². The van der Waals surface area contributed by atoms with Gasteiger partial charge in [-0.2, -0.15) is 0 Å². The average Bonchev–Trinajstić information content (AvgIpc) is 2.44. The zero-order chi connectivity index (χ0) is 14.4. The molecule has 2 aromatic rings. The Kier molecular flexibility index (Phi) is 5.39. The Morgan fingerprint density at radius 2 is 2.10 bits per heavy atom. The number of nitrogens with one attached hydrogen (secondary N) is 1. The fourth-order valence-electron chi connectivity index (χ4n) is 1.89. The van der Waals surface area contributed by atoms with Crippen molar-refractivity contribution >= 4 is 11.6 Å². The zero-order valence-electron chi connectivity index (χ0n) is 11.8. The lowest BCUT2D eigenvalue weighted by Crippen LogP contribution is -2.14. The van der Waals surface area contributed by atoms with Crippen LogP contribution in [0, 0.1) is 6.92 Å². The van der Waals surface area contributed by atoms with Crippen molar-refractivity contribution in [1.29, 1.82) is 0 Å². The smallest absolute Gasteiger partial charge is 0.142 e. The molecule has 0 saturated carbocycles. The number of nitrogens with zero attached hydrogens (tertiary/aromatic N) is 1. The predicted molar refractivity (Wildman–Crippen MR) is 82.1 cm³/mol. The van der Waals surface area contributed by atoms with Crippen molar-refractivity contribution in [2.75, 3.05) is 6.54 Å². The quantitative estimate of drug-likeness (QED) is 0.880. The van der Waals surface area contributed by atoms with E-state index in [0.29, 0.717) is 13.2 Å². The van der Waals surface area contributed by atoms with Gasteiger partial charge in [-0.3, -0.25) is 4.98 Å². The van der Waals surface area contributed by atoms with Crippen molar-refractivity contribution < 1.29 is 4.74 Å². The van der Waals surface area contributed by atoms with E-state index in [2.05, 4.69) is 17.2 Å². The maximum Gasteiger partial charge on any atom is 0.142 e. The number of halogens is 1. The van der Waals surface area contributed by atoms with Gasteiger partial charge in [-0.05, 0) is 43.3 Å². The molecule has 106 valence electrons. The minimum absolute atomic E-state index is 0.491. The summed E-state index contributed by atoms with van der Waals surface area (Å²) in [5.74, 6) is 0.816. The van der Waals surface area contributed by atoms with Crippen LogP contribution in [0.15, 0.2) is 36.4 Å². The van der Waals surface area contributed by atoms with E-state index < -0.39 is 0 Å². The van der Waals surface area contributed by atoms with E-state index in [9.17, 15) is 0 Å². The van der Waals surface area contributed by atoms with Gasteiger partial charge in [-0.1, -0.05) is 30.7 Å². The number of aryl methyl sites for hydroxylation is 1. The van der Waals surface area contributed by atoms with Crippen molar-refractivity contribution in [3.8, 4) is 5.75 Å². The zero-order valence-corrected chi connectivity index (χ0v) is 12.6. The first-order valence-corrected chi connectivity index (χ1v) is 7.11. The highest BCUT2D eigenvalue weighted by atomic mass is 35.5. The molecule has 0 aliphatic rings. The molecule has 0 radical (unpaired) electrons. The summed E-state index contributed by atoms with van der Waals surface area (Å²) in [5, 5.41) is 4.00. The Labute approximate surface area is 124 Å². The standard InChI is InChI=1S/C16H19ClN2O/c1-3-18-10-15-16(8-7-12(2)19-15)20-11-13-5-4-6-14(17)9-13/h4-9,18H,3,10-11H2,1-2H3. The van der Waals surface area contributed by atoms with Crippen molar-refractivity contribution in [2.24, 2.45) is 0 Å². The Morgan fingerprint density at radius 1 is 1.25 bits per heavy atom. The molecular weight excluding hydrogens is 272 g/mol. The van der Waals surface area contributed by atoms with Gasteiger partial charge in [0.2, 0.25) is 0 Å². The highest BCUT2D eigenvalue weighted by Gasteiger charge is 2.06. The highest BCUT2D eigenvalue weighted by Crippen LogP contribution is 2.19. The van der Waals surface area contributed by atoms with Crippen LogP contribution in [0.1, 0.15) is 23.9 Å². The Balaban J connectivity index is 2.08. The van der Waals surface area contributed by atoms with E-state index in [1.807, 2.05) is 43.3 Å². The maximum absolute atomic E-state index is 5.97. The van der Waals surface area contributed by atoms with Crippen molar-refractivity contribution in [3.05, 3.63) is 58.4 Å². The molecule has 0 amide bonds. The van der Waals surface area contributed by atoms with Gasteiger partial charge in [-0.15, -0.1) is 0 Å². The van der Waals surface area contributed by atoms with Crippen LogP contribution in [0.3, 0.4) is 0 Å². The fourth-order valence-corrected chi connectivity index (χ4v) is 2.10. The number of hydrogen-bond acceptors (Lipinski definition) is 3. The molecule has 1 aromatic heterocycles.